The molecule has 0 aromatic rings. The summed E-state index contributed by atoms with van der Waals surface area (Å²) in [5.41, 5.74) is -28.8. The summed E-state index contributed by atoms with van der Waals surface area (Å²) in [6, 6.07) is 0. The number of ether oxygens (including phenoxy) is 9. The van der Waals surface area contributed by atoms with E-state index in [2.05, 4.69) is 33.2 Å². The van der Waals surface area contributed by atoms with Crippen LogP contribution in [0, 0.1) is 71.0 Å². The second-order valence-electron chi connectivity index (χ2n) is 36.7. The molecule has 0 aromatic carbocycles. The summed E-state index contributed by atoms with van der Waals surface area (Å²) in [4.78, 5) is 68.7. The zero-order valence-corrected chi connectivity index (χ0v) is 78.5. The van der Waals surface area contributed by atoms with Gasteiger partial charge in [0.15, 0.2) is 41.6 Å². The van der Waals surface area contributed by atoms with Crippen LogP contribution in [0.25, 0.3) is 0 Å². The molecule has 2 saturated heterocycles. The van der Waals surface area contributed by atoms with Crippen molar-refractivity contribution in [1.82, 2.24) is 0 Å². The minimum absolute atomic E-state index is 0.0556. The van der Waals surface area contributed by atoms with E-state index in [-0.39, 0.29) is 69.7 Å². The van der Waals surface area contributed by atoms with Crippen LogP contribution in [0.1, 0.15) is 260 Å². The van der Waals surface area contributed by atoms with Gasteiger partial charge in [0, 0.05) is 30.6 Å². The zero-order valence-electron chi connectivity index (χ0n) is 78.5. The molecule has 0 radical (unpaired) electrons. The highest BCUT2D eigenvalue weighted by molar-refractivity contribution is 5.74. The van der Waals surface area contributed by atoms with E-state index < -0.39 is 260 Å². The first-order valence-electron chi connectivity index (χ1n) is 43.4. The number of halogens is 30. The molecule has 6 rings (SSSR count). The van der Waals surface area contributed by atoms with Crippen LogP contribution in [0.5, 0.6) is 0 Å². The molecule has 4 aliphatic carbocycles. The first-order chi connectivity index (χ1) is 60.7. The van der Waals surface area contributed by atoms with Gasteiger partial charge in [0.1, 0.15) is 30.0 Å². The smallest absolute Gasteiger partial charge is 0.429 e. The van der Waals surface area contributed by atoms with Gasteiger partial charge in [-0.25, -0.2) is 8.78 Å². The molecule has 22 nitrogen and oxygen atoms in total. The minimum atomic E-state index is -6.27. The lowest BCUT2D eigenvalue weighted by Gasteiger charge is -2.50. The lowest BCUT2D eigenvalue weighted by Crippen LogP contribution is -2.76. The standard InChI is InChI=1S/C17H23F9O4.C14H23F3O3.C13H19F5O4.C12H17F5O5.C11H17F5O3.C11H17F3O.C6H12O2/c1-4-8(2)12(27)30-11-6-9(13(3,28)15(18,19)20)5-10(7-11)14(29,16(21,22)23)17(24,25)26;1-4-9(2)12(18)20-11-8-6-5-7-10(11)13(3,19)14(15,16)17;1-5-7(2)9(19)21-8-6-10(3,20)22-11(4,12(8,14)15)13(16,17)18;1-4-7(2)8(18)20-5-9(3)10(19,11(13,14)15)12(16,17)22-6-21-9;1-4-6(2)8(17)19-7(11(14,15)16)5-10(3,18)9(12)13;1-10(15,11(12,13)14)6-9-5-7-2-3-8(9)4-7;1-4-5(2)6(7)8-3/h8-11,28-29H,4-7H2,1-3H3;9-11,19H,4-8H2,1-3H3;7-8,20H,5-6H2,1-4H3;7,19H,4-6H2,1-3H3;6-7,9,18H,4-5H2,1-3H3;7-9,15H,2-6H2,1H3;5H,4H2,1-3H3. The normalized spacial score (nSPS) is 29.3. The van der Waals surface area contributed by atoms with Gasteiger partial charge in [-0.3, -0.25) is 33.5 Å². The quantitative estimate of drug-likeness (QED) is 0.0240. The lowest BCUT2D eigenvalue weighted by molar-refractivity contribution is -0.493. The zero-order chi connectivity index (χ0) is 108. The fourth-order valence-electron chi connectivity index (χ4n) is 14.7. The van der Waals surface area contributed by atoms with Gasteiger partial charge in [0.25, 0.3) is 17.6 Å². The largest absolute Gasteiger partial charge is 0.469 e. The van der Waals surface area contributed by atoms with Crippen molar-refractivity contribution < 1.29 is 239 Å². The summed E-state index contributed by atoms with van der Waals surface area (Å²) >= 11 is 0. The molecule has 2 aliphatic heterocycles. The van der Waals surface area contributed by atoms with Crippen LogP contribution < -0.4 is 0 Å². The van der Waals surface area contributed by atoms with E-state index in [0.717, 1.165) is 46.5 Å². The highest BCUT2D eigenvalue weighted by Crippen LogP contribution is 2.59. The molecule has 136 heavy (non-hydrogen) atoms. The van der Waals surface area contributed by atoms with Crippen molar-refractivity contribution in [1.29, 1.82) is 0 Å². The molecule has 7 N–H and O–H groups in total. The summed E-state index contributed by atoms with van der Waals surface area (Å²) in [5, 5.41) is 67.3. The molecule has 0 spiro atoms. The molecule has 0 aromatic heterocycles. The van der Waals surface area contributed by atoms with E-state index in [1.165, 1.54) is 41.2 Å². The van der Waals surface area contributed by atoms with Gasteiger partial charge < -0.3 is 73.6 Å². The molecule has 4 saturated carbocycles. The van der Waals surface area contributed by atoms with Crippen LogP contribution in [-0.4, -0.2) is 235 Å². The van der Waals surface area contributed by atoms with Crippen molar-refractivity contribution in [3.8, 4) is 0 Å². The average Bonchev–Trinajstić information content (AvgIpc) is 0.782. The predicted octanol–water partition coefficient (Wildman–Crippen LogP) is 20.5. The van der Waals surface area contributed by atoms with Crippen LogP contribution in [0.15, 0.2) is 0 Å². The second-order valence-corrected chi connectivity index (χ2v) is 36.7. The Morgan fingerprint density at radius 3 is 1.26 bits per heavy atom. The summed E-state index contributed by atoms with van der Waals surface area (Å²) in [6.45, 7) is 20.8. The first kappa shape index (κ1) is 130. The number of methoxy groups -OCH3 is 1. The maximum atomic E-state index is 14.3. The maximum absolute atomic E-state index is 14.3. The average molecular weight is 2060 g/mol. The fraction of sp³-hybridized carbons (Fsp3) is 0.929. The van der Waals surface area contributed by atoms with Crippen LogP contribution in [0.4, 0.5) is 132 Å². The summed E-state index contributed by atoms with van der Waals surface area (Å²) < 4.78 is 432. The highest BCUT2D eigenvalue weighted by Gasteiger charge is 2.82. The van der Waals surface area contributed by atoms with Crippen molar-refractivity contribution in [2.24, 2.45) is 71.0 Å². The highest BCUT2D eigenvalue weighted by atomic mass is 19.4. The Morgan fingerprint density at radius 2 is 0.890 bits per heavy atom. The number of rotatable bonds is 26. The van der Waals surface area contributed by atoms with Crippen molar-refractivity contribution in [2.45, 2.75) is 403 Å². The lowest BCUT2D eigenvalue weighted by atomic mass is 9.66. The number of hydrogen-bond donors (Lipinski definition) is 7. The van der Waals surface area contributed by atoms with Gasteiger partial charge in [-0.05, 0) is 169 Å². The van der Waals surface area contributed by atoms with Gasteiger partial charge in [-0.1, -0.05) is 95.9 Å². The third kappa shape index (κ3) is 33.5. The minimum Gasteiger partial charge on any atom is -0.469 e. The van der Waals surface area contributed by atoms with Crippen LogP contribution in [0.3, 0.4) is 0 Å². The van der Waals surface area contributed by atoms with Gasteiger partial charge in [0.2, 0.25) is 5.60 Å². The van der Waals surface area contributed by atoms with Crippen LogP contribution in [-0.2, 0) is 71.4 Å². The third-order valence-corrected chi connectivity index (χ3v) is 25.7. The summed E-state index contributed by atoms with van der Waals surface area (Å²) in [6.07, 6.45) is -56.9. The SMILES string of the molecule is CC(O)(CC1CC2CCC1C2)C(F)(F)F.CCC(C)C(=O)OC.CCC(C)C(=O)OC(CC(C)(O)C(F)F)C(F)(F)F.CCC(C)C(=O)OC1CC(C(C)(O)C(F)(F)F)CC(C(O)(C(F)(F)F)C(F)(F)F)C1.CCC(C)C(=O)OC1CC(C)(O)OC(C)(C(F)(F)F)C1(F)F.CCC(C)C(=O)OC1CCCCC1C(C)(O)C(F)(F)F.CCC(C)C(=O)OCC1(C)OCOC(F)(F)C1(O)C(F)(F)F. The van der Waals surface area contributed by atoms with Gasteiger partial charge in [0.05, 0.1) is 42.6 Å². The van der Waals surface area contributed by atoms with Gasteiger partial charge in [-0.15, -0.1) is 0 Å². The molecular weight excluding hydrogens is 1930 g/mol. The maximum Gasteiger partial charge on any atom is 0.429 e. The Kier molecular flexibility index (Phi) is 47.0. The third-order valence-electron chi connectivity index (χ3n) is 25.7. The van der Waals surface area contributed by atoms with E-state index in [1.807, 2.05) is 20.8 Å². The summed E-state index contributed by atoms with van der Waals surface area (Å²) in [5.74, 6) is -20.0. The number of esters is 6. The Hall–Kier alpha value is -5.68. The first-order valence-corrected chi connectivity index (χ1v) is 43.4. The van der Waals surface area contributed by atoms with Crippen molar-refractivity contribution in [3.05, 3.63) is 0 Å². The monoisotopic (exact) mass is 2060 g/mol. The Bertz CT molecular complexity index is 3680. The molecule has 2 heterocycles. The number of alkyl halides is 30. The molecule has 806 valence electrons. The van der Waals surface area contributed by atoms with Crippen LogP contribution in [0.2, 0.25) is 0 Å². The van der Waals surface area contributed by atoms with Crippen molar-refractivity contribution in [3.63, 3.8) is 0 Å². The number of carbonyl (C=O) groups excluding carboxylic acids is 6. The molecular formula is C84H128F30O22. The van der Waals surface area contributed by atoms with Gasteiger partial charge in [-0.2, -0.15) is 123 Å². The van der Waals surface area contributed by atoms with Gasteiger partial charge >= 0.3 is 97.3 Å². The number of aliphatic hydroxyl groups is 7. The Balaban J connectivity index is 0.00000160. The van der Waals surface area contributed by atoms with E-state index in [4.69, 9.17) is 9.47 Å². The topological polar surface area (TPSA) is 327 Å². The Morgan fingerprint density at radius 1 is 0.471 bits per heavy atom. The van der Waals surface area contributed by atoms with E-state index in [9.17, 15) is 196 Å². The van der Waals surface area contributed by atoms with E-state index in [0.29, 0.717) is 57.8 Å². The predicted molar refractivity (Wildman–Crippen MR) is 417 cm³/mol. The molecule has 0 amide bonds. The van der Waals surface area contributed by atoms with E-state index in [1.54, 1.807) is 34.6 Å². The molecule has 52 heteroatoms. The number of hydrogen-bond acceptors (Lipinski definition) is 22. The summed E-state index contributed by atoms with van der Waals surface area (Å²) in [7, 11) is 1.41. The van der Waals surface area contributed by atoms with Crippen LogP contribution >= 0.6 is 0 Å². The van der Waals surface area contributed by atoms with E-state index >= 15 is 0 Å². The van der Waals surface area contributed by atoms with Crippen molar-refractivity contribution >= 4 is 35.8 Å². The fourth-order valence-corrected chi connectivity index (χ4v) is 14.7. The molecule has 24 unspecified atom stereocenters. The molecule has 6 aliphatic rings. The number of fused-ring (bicyclic) bond motifs is 2. The molecule has 2 bridgehead atoms. The Labute approximate surface area is 767 Å². The number of carbonyl (C=O) groups is 6. The molecule has 6 fully saturated rings. The second kappa shape index (κ2) is 49.1. The molecule has 24 atom stereocenters. The van der Waals surface area contributed by atoms with Crippen molar-refractivity contribution in [2.75, 3.05) is 20.5 Å².